The highest BCUT2D eigenvalue weighted by molar-refractivity contribution is 7.89. The van der Waals surface area contributed by atoms with Gasteiger partial charge in [0, 0.05) is 24.7 Å². The molecule has 1 fully saturated rings. The van der Waals surface area contributed by atoms with Gasteiger partial charge < -0.3 is 5.32 Å². The third kappa shape index (κ3) is 3.34. The summed E-state index contributed by atoms with van der Waals surface area (Å²) in [5.74, 6) is 0.414. The molecule has 1 heterocycles. The Bertz CT molecular complexity index is 575. The molecule has 0 aliphatic carbocycles. The molecule has 1 N–H and O–H groups in total. The molecular formula is C14H21ClN2O2S. The van der Waals surface area contributed by atoms with Crippen LogP contribution in [0.1, 0.15) is 25.3 Å². The fourth-order valence-corrected chi connectivity index (χ4v) is 4.47. The van der Waals surface area contributed by atoms with Crippen molar-refractivity contribution in [2.24, 2.45) is 5.92 Å². The third-order valence-corrected chi connectivity index (χ3v) is 5.86. The molecule has 1 saturated heterocycles. The fourth-order valence-electron chi connectivity index (χ4n) is 2.54. The SMILES string of the molecule is CNCc1ccc(S(=O)(=O)N2CCCC(C)C2)cc1Cl. The molecule has 6 heteroatoms. The molecule has 20 heavy (non-hydrogen) atoms. The molecule has 0 amide bonds. The summed E-state index contributed by atoms with van der Waals surface area (Å²) in [6, 6.07) is 4.98. The molecule has 1 unspecified atom stereocenters. The van der Waals surface area contributed by atoms with E-state index in [9.17, 15) is 8.42 Å². The first-order chi connectivity index (χ1) is 9.45. The lowest BCUT2D eigenvalue weighted by Gasteiger charge is -2.30. The number of halogens is 1. The van der Waals surface area contributed by atoms with Crippen molar-refractivity contribution in [1.29, 1.82) is 0 Å². The van der Waals surface area contributed by atoms with Crippen LogP contribution in [-0.4, -0.2) is 32.9 Å². The van der Waals surface area contributed by atoms with Crippen molar-refractivity contribution in [2.75, 3.05) is 20.1 Å². The van der Waals surface area contributed by atoms with Gasteiger partial charge in [-0.3, -0.25) is 0 Å². The lowest BCUT2D eigenvalue weighted by molar-refractivity contribution is 0.281. The van der Waals surface area contributed by atoms with Gasteiger partial charge in [0.15, 0.2) is 0 Å². The van der Waals surface area contributed by atoms with Gasteiger partial charge in [-0.1, -0.05) is 24.6 Å². The summed E-state index contributed by atoms with van der Waals surface area (Å²) in [5, 5.41) is 3.50. The molecule has 0 bridgehead atoms. The highest BCUT2D eigenvalue weighted by atomic mass is 35.5. The van der Waals surface area contributed by atoms with Crippen molar-refractivity contribution in [3.63, 3.8) is 0 Å². The second-order valence-corrected chi connectivity index (χ2v) is 7.74. The minimum Gasteiger partial charge on any atom is -0.316 e. The van der Waals surface area contributed by atoms with Gasteiger partial charge in [-0.2, -0.15) is 4.31 Å². The van der Waals surface area contributed by atoms with Gasteiger partial charge in [-0.25, -0.2) is 8.42 Å². The van der Waals surface area contributed by atoms with Gasteiger partial charge in [0.05, 0.1) is 4.90 Å². The Kier molecular flexibility index (Phi) is 5.07. The van der Waals surface area contributed by atoms with Gasteiger partial charge in [-0.15, -0.1) is 0 Å². The Hall–Kier alpha value is -0.620. The monoisotopic (exact) mass is 316 g/mol. The highest BCUT2D eigenvalue weighted by Crippen LogP contribution is 2.26. The number of nitrogens with zero attached hydrogens (tertiary/aromatic N) is 1. The van der Waals surface area contributed by atoms with E-state index in [1.807, 2.05) is 7.05 Å². The van der Waals surface area contributed by atoms with Crippen molar-refractivity contribution in [1.82, 2.24) is 9.62 Å². The molecule has 0 spiro atoms. The second-order valence-electron chi connectivity index (χ2n) is 5.39. The predicted molar refractivity (Wildman–Crippen MR) is 81.4 cm³/mol. The van der Waals surface area contributed by atoms with Gasteiger partial charge >= 0.3 is 0 Å². The first kappa shape index (κ1) is 15.8. The molecular weight excluding hydrogens is 296 g/mol. The van der Waals surface area contributed by atoms with Crippen molar-refractivity contribution >= 4 is 21.6 Å². The lowest BCUT2D eigenvalue weighted by Crippen LogP contribution is -2.39. The lowest BCUT2D eigenvalue weighted by atomic mass is 10.0. The van der Waals surface area contributed by atoms with E-state index in [4.69, 9.17) is 11.6 Å². The number of piperidine rings is 1. The van der Waals surface area contributed by atoms with Crippen molar-refractivity contribution < 1.29 is 8.42 Å². The number of rotatable bonds is 4. The normalized spacial score (nSPS) is 21.1. The molecule has 1 aromatic carbocycles. The molecule has 1 atom stereocenters. The van der Waals surface area contributed by atoms with Crippen LogP contribution in [0.2, 0.25) is 5.02 Å². The molecule has 112 valence electrons. The highest BCUT2D eigenvalue weighted by Gasteiger charge is 2.28. The Morgan fingerprint density at radius 3 is 2.80 bits per heavy atom. The molecule has 4 nitrogen and oxygen atoms in total. The Morgan fingerprint density at radius 2 is 2.20 bits per heavy atom. The van der Waals surface area contributed by atoms with Gasteiger partial charge in [0.25, 0.3) is 0 Å². The van der Waals surface area contributed by atoms with Crippen LogP contribution in [0.5, 0.6) is 0 Å². The van der Waals surface area contributed by atoms with Crippen molar-refractivity contribution in [3.8, 4) is 0 Å². The average molecular weight is 317 g/mol. The maximum atomic E-state index is 12.6. The predicted octanol–water partition coefficient (Wildman–Crippen LogP) is 2.48. The number of benzene rings is 1. The van der Waals surface area contributed by atoms with Gasteiger partial charge in [0.1, 0.15) is 0 Å². The van der Waals surface area contributed by atoms with E-state index in [0.717, 1.165) is 18.4 Å². The van der Waals surface area contributed by atoms with E-state index < -0.39 is 10.0 Å². The summed E-state index contributed by atoms with van der Waals surface area (Å²) in [5.41, 5.74) is 0.903. The van der Waals surface area contributed by atoms with Crippen LogP contribution < -0.4 is 5.32 Å². The van der Waals surface area contributed by atoms with Crippen LogP contribution in [0, 0.1) is 5.92 Å². The zero-order chi connectivity index (χ0) is 14.8. The van der Waals surface area contributed by atoms with Crippen molar-refractivity contribution in [2.45, 2.75) is 31.2 Å². The van der Waals surface area contributed by atoms with Gasteiger partial charge in [-0.05, 0) is 43.5 Å². The molecule has 2 rings (SSSR count). The molecule has 1 aliphatic heterocycles. The van der Waals surface area contributed by atoms with Crippen LogP contribution in [0.15, 0.2) is 23.1 Å². The molecule has 0 saturated carbocycles. The average Bonchev–Trinajstić information content (AvgIpc) is 2.41. The zero-order valence-electron chi connectivity index (χ0n) is 11.9. The molecule has 0 aromatic heterocycles. The van der Waals surface area contributed by atoms with Crippen LogP contribution in [0.4, 0.5) is 0 Å². The third-order valence-electron chi connectivity index (χ3n) is 3.65. The van der Waals surface area contributed by atoms with E-state index in [2.05, 4.69) is 12.2 Å². The summed E-state index contributed by atoms with van der Waals surface area (Å²) in [6.07, 6.45) is 2.01. The van der Waals surface area contributed by atoms with Crippen LogP contribution in [0.3, 0.4) is 0 Å². The summed E-state index contributed by atoms with van der Waals surface area (Å²) in [6.45, 7) is 3.91. The maximum Gasteiger partial charge on any atom is 0.243 e. The van der Waals surface area contributed by atoms with Crippen LogP contribution in [0.25, 0.3) is 0 Å². The van der Waals surface area contributed by atoms with Crippen molar-refractivity contribution in [3.05, 3.63) is 28.8 Å². The Labute approximate surface area is 126 Å². The standard InChI is InChI=1S/C14H21ClN2O2S/c1-11-4-3-7-17(10-11)20(18,19)13-6-5-12(9-16-2)14(15)8-13/h5-6,8,11,16H,3-4,7,9-10H2,1-2H3. The first-order valence-corrected chi connectivity index (χ1v) is 8.70. The maximum absolute atomic E-state index is 12.6. The zero-order valence-corrected chi connectivity index (χ0v) is 13.5. The number of hydrogen-bond donors (Lipinski definition) is 1. The Morgan fingerprint density at radius 1 is 1.45 bits per heavy atom. The minimum absolute atomic E-state index is 0.288. The summed E-state index contributed by atoms with van der Waals surface area (Å²) < 4.78 is 26.8. The van der Waals surface area contributed by atoms with E-state index in [0.29, 0.717) is 30.6 Å². The minimum atomic E-state index is -3.42. The van der Waals surface area contributed by atoms with E-state index in [1.54, 1.807) is 22.5 Å². The summed E-state index contributed by atoms with van der Waals surface area (Å²) >= 11 is 6.16. The fraction of sp³-hybridized carbons (Fsp3) is 0.571. The molecule has 0 radical (unpaired) electrons. The summed E-state index contributed by atoms with van der Waals surface area (Å²) in [7, 11) is -1.59. The van der Waals surface area contributed by atoms with E-state index in [1.165, 1.54) is 0 Å². The molecule has 1 aromatic rings. The largest absolute Gasteiger partial charge is 0.316 e. The second kappa shape index (κ2) is 6.43. The smallest absolute Gasteiger partial charge is 0.243 e. The number of hydrogen-bond acceptors (Lipinski definition) is 3. The number of nitrogens with one attached hydrogen (secondary N) is 1. The topological polar surface area (TPSA) is 49.4 Å². The number of sulfonamides is 1. The quantitative estimate of drug-likeness (QED) is 0.928. The molecule has 1 aliphatic rings. The van der Waals surface area contributed by atoms with E-state index in [-0.39, 0.29) is 4.90 Å². The first-order valence-electron chi connectivity index (χ1n) is 6.88. The van der Waals surface area contributed by atoms with Gasteiger partial charge in [0.2, 0.25) is 10.0 Å². The Balaban J connectivity index is 2.27. The van der Waals surface area contributed by atoms with Crippen LogP contribution >= 0.6 is 11.6 Å². The van der Waals surface area contributed by atoms with E-state index >= 15 is 0 Å². The summed E-state index contributed by atoms with van der Waals surface area (Å²) in [4.78, 5) is 0.288. The van der Waals surface area contributed by atoms with Crippen LogP contribution in [-0.2, 0) is 16.6 Å².